The fraction of sp³-hybridized carbons (Fsp3) is 0.0526. The van der Waals surface area contributed by atoms with E-state index in [9.17, 15) is 5.11 Å². The van der Waals surface area contributed by atoms with Gasteiger partial charge in [-0.3, -0.25) is 0 Å². The Morgan fingerprint density at radius 3 is 2.58 bits per heavy atom. The van der Waals surface area contributed by atoms with E-state index in [4.69, 9.17) is 11.6 Å². The van der Waals surface area contributed by atoms with Crippen LogP contribution in [0.1, 0.15) is 5.56 Å². The predicted octanol–water partition coefficient (Wildman–Crippen LogP) is 4.73. The maximum absolute atomic E-state index is 10.2. The van der Waals surface area contributed by atoms with Crippen molar-refractivity contribution in [2.45, 2.75) is 6.92 Å². The molecule has 0 amide bonds. The second-order valence-electron chi connectivity index (χ2n) is 5.66. The minimum Gasteiger partial charge on any atom is -0.507 e. The Kier molecular flexibility index (Phi) is 3.47. The Morgan fingerprint density at radius 1 is 1.00 bits per heavy atom. The van der Waals surface area contributed by atoms with E-state index in [1.807, 2.05) is 24.3 Å². The van der Waals surface area contributed by atoms with E-state index < -0.39 is 0 Å². The first-order chi connectivity index (χ1) is 11.6. The summed E-state index contributed by atoms with van der Waals surface area (Å²) in [7, 11) is 0. The fourth-order valence-electron chi connectivity index (χ4n) is 2.68. The van der Waals surface area contributed by atoms with Crippen LogP contribution in [-0.4, -0.2) is 19.7 Å². The monoisotopic (exact) mass is 335 g/mol. The lowest BCUT2D eigenvalue weighted by Gasteiger charge is -2.07. The maximum atomic E-state index is 10.2. The van der Waals surface area contributed by atoms with Crippen molar-refractivity contribution in [2.24, 2.45) is 0 Å². The molecule has 0 aliphatic heterocycles. The number of rotatable bonds is 2. The first-order valence-corrected chi connectivity index (χ1v) is 7.90. The molecule has 24 heavy (non-hydrogen) atoms. The molecular weight excluding hydrogens is 322 g/mol. The van der Waals surface area contributed by atoms with E-state index in [0.29, 0.717) is 16.2 Å². The molecule has 4 nitrogen and oxygen atoms in total. The van der Waals surface area contributed by atoms with Gasteiger partial charge in [-0.1, -0.05) is 41.4 Å². The third kappa shape index (κ3) is 2.51. The van der Waals surface area contributed by atoms with Crippen molar-refractivity contribution in [1.29, 1.82) is 0 Å². The van der Waals surface area contributed by atoms with E-state index in [2.05, 4.69) is 29.1 Å². The molecule has 4 rings (SSSR count). The van der Waals surface area contributed by atoms with Crippen molar-refractivity contribution in [2.75, 3.05) is 0 Å². The van der Waals surface area contributed by atoms with Crippen molar-refractivity contribution >= 4 is 17.2 Å². The van der Waals surface area contributed by atoms with Gasteiger partial charge in [0.25, 0.3) is 0 Å². The molecule has 2 heterocycles. The van der Waals surface area contributed by atoms with Crippen LogP contribution in [0.15, 0.2) is 60.8 Å². The zero-order valence-electron chi connectivity index (χ0n) is 12.9. The minimum absolute atomic E-state index is 0.152. The number of nitrogens with zero attached hydrogens (tertiary/aromatic N) is 3. The Balaban J connectivity index is 1.92. The van der Waals surface area contributed by atoms with E-state index in [1.165, 1.54) is 5.56 Å². The molecule has 2 aromatic heterocycles. The van der Waals surface area contributed by atoms with Crippen molar-refractivity contribution in [3.05, 3.63) is 71.4 Å². The van der Waals surface area contributed by atoms with Gasteiger partial charge < -0.3 is 5.11 Å². The molecule has 0 spiro atoms. The molecule has 1 N–H and O–H groups in total. The third-order valence-corrected chi connectivity index (χ3v) is 4.17. The van der Waals surface area contributed by atoms with Gasteiger partial charge in [0.15, 0.2) is 5.65 Å². The second-order valence-corrected chi connectivity index (χ2v) is 6.09. The van der Waals surface area contributed by atoms with Gasteiger partial charge in [-0.05, 0) is 31.2 Å². The molecule has 0 atom stereocenters. The van der Waals surface area contributed by atoms with Crippen LogP contribution < -0.4 is 0 Å². The highest BCUT2D eigenvalue weighted by Gasteiger charge is 2.13. The van der Waals surface area contributed by atoms with Crippen molar-refractivity contribution in [3.63, 3.8) is 0 Å². The lowest BCUT2D eigenvalue weighted by atomic mass is 10.1. The summed E-state index contributed by atoms with van der Waals surface area (Å²) in [6.07, 6.45) is 1.70. The number of phenolic OH excluding ortho intramolecular Hbond substituents is 1. The summed E-state index contributed by atoms with van der Waals surface area (Å²) in [4.78, 5) is 4.37. The maximum Gasteiger partial charge on any atom is 0.156 e. The highest BCUT2D eigenvalue weighted by atomic mass is 35.5. The number of aromatic nitrogens is 3. The fourth-order valence-corrected chi connectivity index (χ4v) is 2.85. The summed E-state index contributed by atoms with van der Waals surface area (Å²) in [6, 6.07) is 16.9. The minimum atomic E-state index is 0.152. The van der Waals surface area contributed by atoms with Gasteiger partial charge in [0.1, 0.15) is 5.75 Å². The van der Waals surface area contributed by atoms with E-state index in [-0.39, 0.29) is 5.75 Å². The van der Waals surface area contributed by atoms with Crippen LogP contribution in [0, 0.1) is 6.92 Å². The van der Waals surface area contributed by atoms with E-state index >= 15 is 0 Å². The molecule has 0 saturated carbocycles. The summed E-state index contributed by atoms with van der Waals surface area (Å²) in [5.41, 5.74) is 5.11. The van der Waals surface area contributed by atoms with Gasteiger partial charge >= 0.3 is 0 Å². The molecule has 0 unspecified atom stereocenters. The lowest BCUT2D eigenvalue weighted by Crippen LogP contribution is -1.96. The molecule has 0 aliphatic carbocycles. The molecule has 0 aliphatic rings. The Morgan fingerprint density at radius 2 is 1.79 bits per heavy atom. The molecular formula is C19H14ClN3O. The van der Waals surface area contributed by atoms with Crippen LogP contribution in [0.2, 0.25) is 5.02 Å². The number of halogens is 1. The number of fused-ring (bicyclic) bond motifs is 1. The summed E-state index contributed by atoms with van der Waals surface area (Å²) >= 11 is 6.08. The van der Waals surface area contributed by atoms with Crippen molar-refractivity contribution in [3.8, 4) is 28.3 Å². The number of hydrogen-bond acceptors (Lipinski definition) is 3. The zero-order chi connectivity index (χ0) is 16.7. The standard InChI is InChI=1S/C19H14ClN3O/c1-12-2-4-13(5-3-12)16-11-19-21-9-8-17(23(19)22-16)15-10-14(20)6-7-18(15)24/h2-11,24H,1H3. The topological polar surface area (TPSA) is 50.4 Å². The number of aryl methyl sites for hydroxylation is 1. The van der Waals surface area contributed by atoms with Crippen LogP contribution in [0.25, 0.3) is 28.2 Å². The first-order valence-electron chi connectivity index (χ1n) is 7.52. The summed E-state index contributed by atoms with van der Waals surface area (Å²) in [5.74, 6) is 0.152. The molecule has 118 valence electrons. The molecule has 0 radical (unpaired) electrons. The molecule has 0 bridgehead atoms. The third-order valence-electron chi connectivity index (χ3n) is 3.94. The molecule has 0 saturated heterocycles. The van der Waals surface area contributed by atoms with E-state index in [0.717, 1.165) is 17.0 Å². The van der Waals surface area contributed by atoms with Gasteiger partial charge in [-0.2, -0.15) is 5.10 Å². The molecule has 5 heteroatoms. The van der Waals surface area contributed by atoms with Crippen molar-refractivity contribution < 1.29 is 5.11 Å². The van der Waals surface area contributed by atoms with Gasteiger partial charge in [-0.15, -0.1) is 0 Å². The highest BCUT2D eigenvalue weighted by Crippen LogP contribution is 2.32. The van der Waals surface area contributed by atoms with Crippen LogP contribution in [-0.2, 0) is 0 Å². The van der Waals surface area contributed by atoms with Gasteiger partial charge in [-0.25, -0.2) is 9.50 Å². The Hall–Kier alpha value is -2.85. The van der Waals surface area contributed by atoms with Crippen molar-refractivity contribution in [1.82, 2.24) is 14.6 Å². The average molecular weight is 336 g/mol. The lowest BCUT2D eigenvalue weighted by molar-refractivity contribution is 0.477. The van der Waals surface area contributed by atoms with Crippen LogP contribution in [0.4, 0.5) is 0 Å². The number of benzene rings is 2. The Labute approximate surface area is 144 Å². The van der Waals surface area contributed by atoms with Crippen LogP contribution >= 0.6 is 11.6 Å². The van der Waals surface area contributed by atoms with Gasteiger partial charge in [0.2, 0.25) is 0 Å². The quantitative estimate of drug-likeness (QED) is 0.576. The normalized spacial score (nSPS) is 11.1. The SMILES string of the molecule is Cc1ccc(-c2cc3nccc(-c4cc(Cl)ccc4O)n3n2)cc1. The van der Waals surface area contributed by atoms with Gasteiger partial charge in [0.05, 0.1) is 11.4 Å². The number of hydrogen-bond donors (Lipinski definition) is 1. The molecule has 2 aromatic carbocycles. The predicted molar refractivity (Wildman–Crippen MR) is 95.3 cm³/mol. The zero-order valence-corrected chi connectivity index (χ0v) is 13.7. The summed E-state index contributed by atoms with van der Waals surface area (Å²) in [5, 5.41) is 15.4. The second kappa shape index (κ2) is 5.65. The first kappa shape index (κ1) is 14.7. The Bertz CT molecular complexity index is 1040. The van der Waals surface area contributed by atoms with E-state index in [1.54, 1.807) is 28.9 Å². The smallest absolute Gasteiger partial charge is 0.156 e. The average Bonchev–Trinajstić information content (AvgIpc) is 3.02. The number of phenols is 1. The summed E-state index contributed by atoms with van der Waals surface area (Å²) in [6.45, 7) is 2.05. The largest absolute Gasteiger partial charge is 0.507 e. The highest BCUT2D eigenvalue weighted by molar-refractivity contribution is 6.30. The number of aromatic hydroxyl groups is 1. The van der Waals surface area contributed by atoms with Crippen LogP contribution in [0.3, 0.4) is 0 Å². The molecule has 0 fully saturated rings. The van der Waals surface area contributed by atoms with Gasteiger partial charge in [0, 0.05) is 28.4 Å². The van der Waals surface area contributed by atoms with Crippen LogP contribution in [0.5, 0.6) is 5.75 Å². The molecule has 4 aromatic rings. The summed E-state index contributed by atoms with van der Waals surface area (Å²) < 4.78 is 1.72.